The number of likely N-dealkylation sites (tertiary alicyclic amines) is 1. The third-order valence-electron chi connectivity index (χ3n) is 4.46. The number of piperidine rings is 1. The number of carbonyl (C=O) groups is 3. The Balaban J connectivity index is 1.69. The largest absolute Gasteiger partial charge is 0.480 e. The van der Waals surface area contributed by atoms with Crippen molar-refractivity contribution < 1.29 is 24.6 Å². The molecular formula is C18H19N3O5. The van der Waals surface area contributed by atoms with Gasteiger partial charge < -0.3 is 15.1 Å². The highest BCUT2D eigenvalue weighted by atomic mass is 16.4. The van der Waals surface area contributed by atoms with E-state index < -0.39 is 11.9 Å². The van der Waals surface area contributed by atoms with Crippen LogP contribution in [-0.4, -0.2) is 55.8 Å². The maximum Gasteiger partial charge on any atom is 0.335 e. The number of nitrogens with zero attached hydrogens (tertiary/aromatic N) is 3. The highest BCUT2D eigenvalue weighted by Crippen LogP contribution is 2.26. The molecule has 3 rings (SSSR count). The van der Waals surface area contributed by atoms with Gasteiger partial charge in [-0.15, -0.1) is 0 Å². The van der Waals surface area contributed by atoms with Gasteiger partial charge >= 0.3 is 11.9 Å². The Kier molecular flexibility index (Phi) is 5.01. The molecule has 2 aromatic rings. The third-order valence-corrected chi connectivity index (χ3v) is 4.46. The maximum atomic E-state index is 12.7. The molecule has 0 spiro atoms. The monoisotopic (exact) mass is 357 g/mol. The SMILES string of the molecule is O=C(O)Cn1ccc([C@@H]2CCCN(C(=O)c3ccc(C(=O)O)cc3)C2)n1. The number of carbonyl (C=O) groups excluding carboxylic acids is 1. The van der Waals surface area contributed by atoms with Gasteiger partial charge in [-0.3, -0.25) is 14.3 Å². The Bertz CT molecular complexity index is 828. The van der Waals surface area contributed by atoms with E-state index >= 15 is 0 Å². The first-order valence-corrected chi connectivity index (χ1v) is 8.32. The fourth-order valence-corrected chi connectivity index (χ4v) is 3.16. The van der Waals surface area contributed by atoms with Crippen molar-refractivity contribution in [2.45, 2.75) is 25.3 Å². The maximum absolute atomic E-state index is 12.7. The lowest BCUT2D eigenvalue weighted by molar-refractivity contribution is -0.137. The van der Waals surface area contributed by atoms with Crippen LogP contribution in [0.3, 0.4) is 0 Å². The number of rotatable bonds is 5. The molecule has 1 aromatic carbocycles. The van der Waals surface area contributed by atoms with Crippen molar-refractivity contribution in [2.75, 3.05) is 13.1 Å². The lowest BCUT2D eigenvalue weighted by Crippen LogP contribution is -2.39. The normalized spacial score (nSPS) is 17.1. The van der Waals surface area contributed by atoms with E-state index in [-0.39, 0.29) is 23.9 Å². The van der Waals surface area contributed by atoms with Gasteiger partial charge in [-0.1, -0.05) is 0 Å². The highest BCUT2D eigenvalue weighted by molar-refractivity contribution is 5.96. The Morgan fingerprint density at radius 2 is 1.77 bits per heavy atom. The molecule has 8 heteroatoms. The minimum atomic E-state index is -1.03. The van der Waals surface area contributed by atoms with Crippen LogP contribution < -0.4 is 0 Å². The summed E-state index contributed by atoms with van der Waals surface area (Å²) in [5.41, 5.74) is 1.37. The van der Waals surface area contributed by atoms with Gasteiger partial charge in [0.05, 0.1) is 11.3 Å². The number of hydrogen-bond donors (Lipinski definition) is 2. The van der Waals surface area contributed by atoms with Crippen molar-refractivity contribution >= 4 is 17.8 Å². The molecule has 1 fully saturated rings. The molecule has 1 aliphatic heterocycles. The molecule has 1 amide bonds. The molecule has 1 aromatic heterocycles. The van der Waals surface area contributed by atoms with E-state index in [1.165, 1.54) is 28.9 Å². The summed E-state index contributed by atoms with van der Waals surface area (Å²) < 4.78 is 1.38. The number of carboxylic acid groups (broad SMARTS) is 2. The minimum Gasteiger partial charge on any atom is -0.480 e. The summed E-state index contributed by atoms with van der Waals surface area (Å²) in [7, 11) is 0. The summed E-state index contributed by atoms with van der Waals surface area (Å²) in [5.74, 6) is -2.07. The second kappa shape index (κ2) is 7.38. The number of aromatic carboxylic acids is 1. The van der Waals surface area contributed by atoms with Crippen molar-refractivity contribution in [1.82, 2.24) is 14.7 Å². The average molecular weight is 357 g/mol. The Labute approximate surface area is 149 Å². The molecule has 1 saturated heterocycles. The van der Waals surface area contributed by atoms with Crippen LogP contribution in [0.5, 0.6) is 0 Å². The van der Waals surface area contributed by atoms with Crippen LogP contribution in [0.2, 0.25) is 0 Å². The van der Waals surface area contributed by atoms with E-state index in [0.717, 1.165) is 18.5 Å². The topological polar surface area (TPSA) is 113 Å². The van der Waals surface area contributed by atoms with E-state index in [4.69, 9.17) is 10.2 Å². The fourth-order valence-electron chi connectivity index (χ4n) is 3.16. The molecule has 26 heavy (non-hydrogen) atoms. The zero-order valence-corrected chi connectivity index (χ0v) is 14.0. The van der Waals surface area contributed by atoms with Gasteiger partial charge in [0.2, 0.25) is 0 Å². The molecule has 8 nitrogen and oxygen atoms in total. The molecule has 0 radical (unpaired) electrons. The molecule has 0 aliphatic carbocycles. The first-order valence-electron chi connectivity index (χ1n) is 8.32. The lowest BCUT2D eigenvalue weighted by Gasteiger charge is -2.32. The second-order valence-electron chi connectivity index (χ2n) is 6.30. The van der Waals surface area contributed by atoms with Crippen LogP contribution in [0.25, 0.3) is 0 Å². The summed E-state index contributed by atoms with van der Waals surface area (Å²) in [4.78, 5) is 36.1. The highest BCUT2D eigenvalue weighted by Gasteiger charge is 2.27. The van der Waals surface area contributed by atoms with Crippen LogP contribution in [0, 0.1) is 0 Å². The van der Waals surface area contributed by atoms with Crippen LogP contribution >= 0.6 is 0 Å². The number of amides is 1. The first-order chi connectivity index (χ1) is 12.4. The lowest BCUT2D eigenvalue weighted by atomic mass is 9.94. The molecule has 0 unspecified atom stereocenters. The third kappa shape index (κ3) is 3.90. The van der Waals surface area contributed by atoms with Crippen molar-refractivity contribution in [1.29, 1.82) is 0 Å². The van der Waals surface area contributed by atoms with Gasteiger partial charge in [-0.05, 0) is 43.2 Å². The number of aliphatic carboxylic acids is 1. The van der Waals surface area contributed by atoms with Gasteiger partial charge in [0.15, 0.2) is 0 Å². The number of benzene rings is 1. The molecule has 1 atom stereocenters. The van der Waals surface area contributed by atoms with Crippen molar-refractivity contribution in [3.8, 4) is 0 Å². The number of hydrogen-bond acceptors (Lipinski definition) is 4. The van der Waals surface area contributed by atoms with Crippen molar-refractivity contribution in [3.05, 3.63) is 53.3 Å². The smallest absolute Gasteiger partial charge is 0.335 e. The summed E-state index contributed by atoms with van der Waals surface area (Å²) in [6, 6.07) is 7.69. The molecule has 0 saturated carbocycles. The van der Waals surface area contributed by atoms with Crippen molar-refractivity contribution in [2.24, 2.45) is 0 Å². The summed E-state index contributed by atoms with van der Waals surface area (Å²) in [6.45, 7) is 0.945. The van der Waals surface area contributed by atoms with Gasteiger partial charge in [0.1, 0.15) is 6.54 Å². The Hall–Kier alpha value is -3.16. The van der Waals surface area contributed by atoms with Gasteiger partial charge in [0.25, 0.3) is 5.91 Å². The van der Waals surface area contributed by atoms with Gasteiger partial charge in [-0.2, -0.15) is 5.10 Å². The zero-order valence-electron chi connectivity index (χ0n) is 14.0. The Morgan fingerprint density at radius 3 is 2.42 bits per heavy atom. The standard InChI is InChI=1S/C18H19N3O5/c22-16(23)11-21-9-7-15(19-21)14-2-1-8-20(10-14)17(24)12-3-5-13(6-4-12)18(25)26/h3-7,9,14H,1-2,8,10-11H2,(H,22,23)(H,25,26)/t14-/m1/s1. The quantitative estimate of drug-likeness (QED) is 0.842. The van der Waals surface area contributed by atoms with Gasteiger partial charge in [-0.25, -0.2) is 4.79 Å². The summed E-state index contributed by atoms with van der Waals surface area (Å²) in [5, 5.41) is 22.1. The molecular weight excluding hydrogens is 338 g/mol. The van der Waals surface area contributed by atoms with Crippen LogP contribution in [0.4, 0.5) is 0 Å². The van der Waals surface area contributed by atoms with E-state index in [2.05, 4.69) is 5.10 Å². The Morgan fingerprint density at radius 1 is 1.08 bits per heavy atom. The molecule has 2 heterocycles. The van der Waals surface area contributed by atoms with Crippen LogP contribution in [-0.2, 0) is 11.3 Å². The number of aromatic nitrogens is 2. The molecule has 136 valence electrons. The molecule has 2 N–H and O–H groups in total. The van der Waals surface area contributed by atoms with Crippen molar-refractivity contribution in [3.63, 3.8) is 0 Å². The van der Waals surface area contributed by atoms with Gasteiger partial charge in [0, 0.05) is 30.8 Å². The average Bonchev–Trinajstić information content (AvgIpc) is 3.09. The molecule has 0 bridgehead atoms. The minimum absolute atomic E-state index is 0.0565. The summed E-state index contributed by atoms with van der Waals surface area (Å²) in [6.07, 6.45) is 3.34. The van der Waals surface area contributed by atoms with Crippen LogP contribution in [0.1, 0.15) is 45.2 Å². The summed E-state index contributed by atoms with van der Waals surface area (Å²) >= 11 is 0. The van der Waals surface area contributed by atoms with E-state index in [9.17, 15) is 14.4 Å². The fraction of sp³-hybridized carbons (Fsp3) is 0.333. The van der Waals surface area contributed by atoms with E-state index in [0.29, 0.717) is 18.7 Å². The molecule has 1 aliphatic rings. The number of carboxylic acids is 2. The zero-order chi connectivity index (χ0) is 18.7. The second-order valence-corrected chi connectivity index (χ2v) is 6.30. The van der Waals surface area contributed by atoms with Crippen LogP contribution in [0.15, 0.2) is 36.5 Å². The first kappa shape index (κ1) is 17.7. The predicted molar refractivity (Wildman–Crippen MR) is 91.1 cm³/mol. The predicted octanol–water partition coefficient (Wildman–Crippen LogP) is 1.69. The van der Waals surface area contributed by atoms with E-state index in [1.807, 2.05) is 0 Å². The van der Waals surface area contributed by atoms with E-state index in [1.54, 1.807) is 17.2 Å².